The highest BCUT2D eigenvalue weighted by molar-refractivity contribution is 7.89. The van der Waals surface area contributed by atoms with Gasteiger partial charge >= 0.3 is 0 Å². The summed E-state index contributed by atoms with van der Waals surface area (Å²) in [5, 5.41) is 0. The van der Waals surface area contributed by atoms with Gasteiger partial charge in [-0.15, -0.1) is 0 Å². The minimum atomic E-state index is -3.13. The normalized spacial score (nSPS) is 19.9. The maximum absolute atomic E-state index is 11.3. The fraction of sp³-hybridized carbons (Fsp3) is 0.500. The largest absolute Gasteiger partial charge is 0.372 e. The van der Waals surface area contributed by atoms with E-state index in [1.54, 1.807) is 6.92 Å². The van der Waals surface area contributed by atoms with Gasteiger partial charge in [-0.2, -0.15) is 0 Å². The standard InChI is InChI=1S/C12H17NO3S/c1-2-17(14,15)13-8-12-7-10-5-3-4-6-11(10)9-16-12/h3-6,12-13H,2,7-9H2,1H3. The van der Waals surface area contributed by atoms with Crippen molar-refractivity contribution in [3.63, 3.8) is 0 Å². The molecule has 0 saturated carbocycles. The van der Waals surface area contributed by atoms with Crippen molar-refractivity contribution in [3.05, 3.63) is 35.4 Å². The molecule has 0 saturated heterocycles. The Morgan fingerprint density at radius 1 is 1.35 bits per heavy atom. The lowest BCUT2D eigenvalue weighted by atomic mass is 9.99. The molecule has 5 heteroatoms. The SMILES string of the molecule is CCS(=O)(=O)NCC1Cc2ccccc2CO1. The smallest absolute Gasteiger partial charge is 0.211 e. The van der Waals surface area contributed by atoms with Crippen LogP contribution in [-0.4, -0.2) is 26.8 Å². The number of nitrogens with one attached hydrogen (secondary N) is 1. The number of fused-ring (bicyclic) bond motifs is 1. The van der Waals surface area contributed by atoms with E-state index in [1.807, 2.05) is 18.2 Å². The maximum atomic E-state index is 11.3. The van der Waals surface area contributed by atoms with Crippen LogP contribution in [0.25, 0.3) is 0 Å². The Labute approximate surface area is 102 Å². The van der Waals surface area contributed by atoms with Crippen molar-refractivity contribution in [1.82, 2.24) is 4.72 Å². The molecule has 94 valence electrons. The van der Waals surface area contributed by atoms with E-state index in [4.69, 9.17) is 4.74 Å². The fourth-order valence-corrected chi connectivity index (χ4v) is 2.51. The van der Waals surface area contributed by atoms with Crippen LogP contribution in [0.3, 0.4) is 0 Å². The first kappa shape index (κ1) is 12.5. The summed E-state index contributed by atoms with van der Waals surface area (Å²) in [5.74, 6) is 0.107. The Morgan fingerprint density at radius 3 is 2.76 bits per heavy atom. The summed E-state index contributed by atoms with van der Waals surface area (Å²) < 4.78 is 30.8. The lowest BCUT2D eigenvalue weighted by molar-refractivity contribution is 0.0322. The van der Waals surface area contributed by atoms with Gasteiger partial charge in [-0.3, -0.25) is 0 Å². The quantitative estimate of drug-likeness (QED) is 0.875. The number of sulfonamides is 1. The van der Waals surface area contributed by atoms with E-state index in [0.29, 0.717) is 13.2 Å². The zero-order chi connectivity index (χ0) is 12.3. The van der Waals surface area contributed by atoms with Crippen molar-refractivity contribution in [3.8, 4) is 0 Å². The number of benzene rings is 1. The summed E-state index contributed by atoms with van der Waals surface area (Å²) in [5.41, 5.74) is 2.45. The highest BCUT2D eigenvalue weighted by Crippen LogP contribution is 2.19. The molecule has 1 unspecified atom stereocenters. The van der Waals surface area contributed by atoms with Gasteiger partial charge in [0.2, 0.25) is 10.0 Å². The summed E-state index contributed by atoms with van der Waals surface area (Å²) >= 11 is 0. The van der Waals surface area contributed by atoms with Crippen molar-refractivity contribution in [2.24, 2.45) is 0 Å². The summed E-state index contributed by atoms with van der Waals surface area (Å²) in [6.07, 6.45) is 0.703. The van der Waals surface area contributed by atoms with Gasteiger partial charge in [-0.25, -0.2) is 13.1 Å². The molecule has 0 aliphatic carbocycles. The van der Waals surface area contributed by atoms with Gasteiger partial charge in [0.25, 0.3) is 0 Å². The molecule has 1 N–H and O–H groups in total. The number of hydrogen-bond donors (Lipinski definition) is 1. The van der Waals surface area contributed by atoms with Crippen molar-refractivity contribution in [2.75, 3.05) is 12.3 Å². The van der Waals surface area contributed by atoms with E-state index in [0.717, 1.165) is 6.42 Å². The predicted octanol–water partition coefficient (Wildman–Crippen LogP) is 1.07. The predicted molar refractivity (Wildman–Crippen MR) is 66.2 cm³/mol. The van der Waals surface area contributed by atoms with Crippen LogP contribution in [0.2, 0.25) is 0 Å². The van der Waals surface area contributed by atoms with Gasteiger partial charge in [0.15, 0.2) is 0 Å². The van der Waals surface area contributed by atoms with E-state index in [2.05, 4.69) is 10.8 Å². The van der Waals surface area contributed by atoms with Gasteiger partial charge < -0.3 is 4.74 Å². The minimum absolute atomic E-state index is 0.0637. The van der Waals surface area contributed by atoms with Crippen LogP contribution in [0.1, 0.15) is 18.1 Å². The monoisotopic (exact) mass is 255 g/mol. The van der Waals surface area contributed by atoms with Crippen LogP contribution >= 0.6 is 0 Å². The molecule has 1 aromatic carbocycles. The van der Waals surface area contributed by atoms with Crippen molar-refractivity contribution in [2.45, 2.75) is 26.1 Å². The molecule has 0 amide bonds. The average Bonchev–Trinajstić information content (AvgIpc) is 2.36. The molecule has 1 atom stereocenters. The summed E-state index contributed by atoms with van der Waals surface area (Å²) in [6.45, 7) is 2.54. The van der Waals surface area contributed by atoms with E-state index in [9.17, 15) is 8.42 Å². The van der Waals surface area contributed by atoms with E-state index < -0.39 is 10.0 Å². The van der Waals surface area contributed by atoms with Gasteiger partial charge in [0, 0.05) is 13.0 Å². The lowest BCUT2D eigenvalue weighted by Crippen LogP contribution is -2.37. The van der Waals surface area contributed by atoms with Gasteiger partial charge in [0.05, 0.1) is 18.5 Å². The summed E-state index contributed by atoms with van der Waals surface area (Å²) in [6, 6.07) is 8.10. The van der Waals surface area contributed by atoms with Crippen molar-refractivity contribution in [1.29, 1.82) is 0 Å². The molecule has 1 aliphatic heterocycles. The van der Waals surface area contributed by atoms with E-state index in [-0.39, 0.29) is 11.9 Å². The zero-order valence-electron chi connectivity index (χ0n) is 9.85. The van der Waals surface area contributed by atoms with Crippen molar-refractivity contribution >= 4 is 10.0 Å². The van der Waals surface area contributed by atoms with E-state index >= 15 is 0 Å². The molecular formula is C12H17NO3S. The first-order valence-electron chi connectivity index (χ1n) is 5.76. The third kappa shape index (κ3) is 3.28. The Bertz CT molecular complexity index is 484. The molecule has 1 aromatic rings. The highest BCUT2D eigenvalue weighted by atomic mass is 32.2. The Morgan fingerprint density at radius 2 is 2.06 bits per heavy atom. The third-order valence-corrected chi connectivity index (χ3v) is 4.32. The molecule has 0 bridgehead atoms. The van der Waals surface area contributed by atoms with Crippen LogP contribution in [0.5, 0.6) is 0 Å². The Balaban J connectivity index is 1.95. The molecule has 1 aliphatic rings. The Hall–Kier alpha value is -0.910. The average molecular weight is 255 g/mol. The second-order valence-corrected chi connectivity index (χ2v) is 6.25. The molecular weight excluding hydrogens is 238 g/mol. The molecule has 2 rings (SSSR count). The van der Waals surface area contributed by atoms with Crippen LogP contribution in [0, 0.1) is 0 Å². The van der Waals surface area contributed by atoms with Crippen molar-refractivity contribution < 1.29 is 13.2 Å². The minimum Gasteiger partial charge on any atom is -0.372 e. The Kier molecular flexibility index (Phi) is 3.81. The first-order valence-corrected chi connectivity index (χ1v) is 7.41. The molecule has 0 spiro atoms. The summed E-state index contributed by atoms with van der Waals surface area (Å²) in [7, 11) is -3.13. The topological polar surface area (TPSA) is 55.4 Å². The van der Waals surface area contributed by atoms with E-state index in [1.165, 1.54) is 11.1 Å². The molecule has 17 heavy (non-hydrogen) atoms. The molecule has 1 heterocycles. The number of hydrogen-bond acceptors (Lipinski definition) is 3. The number of rotatable bonds is 4. The van der Waals surface area contributed by atoms with Crippen LogP contribution in [0.15, 0.2) is 24.3 Å². The number of ether oxygens (including phenoxy) is 1. The lowest BCUT2D eigenvalue weighted by Gasteiger charge is -2.25. The molecule has 4 nitrogen and oxygen atoms in total. The van der Waals surface area contributed by atoms with Gasteiger partial charge in [-0.1, -0.05) is 24.3 Å². The first-order chi connectivity index (χ1) is 8.11. The molecule has 0 aromatic heterocycles. The second-order valence-electron chi connectivity index (χ2n) is 4.16. The molecule has 0 fully saturated rings. The zero-order valence-corrected chi connectivity index (χ0v) is 10.7. The second kappa shape index (κ2) is 5.16. The summed E-state index contributed by atoms with van der Waals surface area (Å²) in [4.78, 5) is 0. The van der Waals surface area contributed by atoms with Gasteiger partial charge in [-0.05, 0) is 18.1 Å². The van der Waals surface area contributed by atoms with Crippen LogP contribution in [-0.2, 0) is 27.8 Å². The van der Waals surface area contributed by atoms with Crippen LogP contribution < -0.4 is 4.72 Å². The van der Waals surface area contributed by atoms with Gasteiger partial charge in [0.1, 0.15) is 0 Å². The van der Waals surface area contributed by atoms with Crippen LogP contribution in [0.4, 0.5) is 0 Å². The fourth-order valence-electron chi connectivity index (χ4n) is 1.86. The highest BCUT2D eigenvalue weighted by Gasteiger charge is 2.20. The maximum Gasteiger partial charge on any atom is 0.211 e. The third-order valence-electron chi connectivity index (χ3n) is 2.95. The molecule has 0 radical (unpaired) electrons.